The standard InChI is InChI=1S/C17H29N5OS/c1-12-15(24-13(2)21-12)5-8-20-17(19-4)22-9-6-14(7-10-22)11-16(23)18-3/h14H,5-11H2,1-4H3,(H,18,23)(H,19,20). The van der Waals surface area contributed by atoms with Crippen molar-refractivity contribution in [3.63, 3.8) is 0 Å². The summed E-state index contributed by atoms with van der Waals surface area (Å²) in [4.78, 5) is 24.0. The molecule has 0 radical (unpaired) electrons. The molecule has 2 heterocycles. The zero-order valence-corrected chi connectivity index (χ0v) is 16.0. The predicted molar refractivity (Wildman–Crippen MR) is 99.6 cm³/mol. The van der Waals surface area contributed by atoms with Crippen molar-refractivity contribution in [2.75, 3.05) is 33.7 Å². The molecule has 1 aliphatic rings. The molecule has 1 aromatic heterocycles. The Morgan fingerprint density at radius 3 is 2.62 bits per heavy atom. The van der Waals surface area contributed by atoms with E-state index in [1.165, 1.54) is 4.88 Å². The van der Waals surface area contributed by atoms with Crippen LogP contribution >= 0.6 is 11.3 Å². The summed E-state index contributed by atoms with van der Waals surface area (Å²) in [6.07, 6.45) is 3.70. The van der Waals surface area contributed by atoms with E-state index in [0.29, 0.717) is 12.3 Å². The minimum Gasteiger partial charge on any atom is -0.359 e. The Kier molecular flexibility index (Phi) is 7.02. The van der Waals surface area contributed by atoms with Gasteiger partial charge in [0, 0.05) is 51.4 Å². The van der Waals surface area contributed by atoms with Crippen molar-refractivity contribution in [1.29, 1.82) is 0 Å². The van der Waals surface area contributed by atoms with Crippen LogP contribution in [0.25, 0.3) is 0 Å². The second kappa shape index (κ2) is 9.01. The third-order valence-corrected chi connectivity index (χ3v) is 5.65. The molecule has 1 amide bonds. The van der Waals surface area contributed by atoms with Crippen LogP contribution in [0.3, 0.4) is 0 Å². The largest absolute Gasteiger partial charge is 0.359 e. The van der Waals surface area contributed by atoms with E-state index in [-0.39, 0.29) is 5.91 Å². The highest BCUT2D eigenvalue weighted by Crippen LogP contribution is 2.20. The molecule has 1 aromatic rings. The number of nitrogens with zero attached hydrogens (tertiary/aromatic N) is 3. The first kappa shape index (κ1) is 18.7. The van der Waals surface area contributed by atoms with Gasteiger partial charge in [-0.2, -0.15) is 0 Å². The molecule has 1 fully saturated rings. The van der Waals surface area contributed by atoms with Crippen molar-refractivity contribution in [2.24, 2.45) is 10.9 Å². The van der Waals surface area contributed by atoms with Crippen molar-refractivity contribution in [3.05, 3.63) is 15.6 Å². The Hall–Kier alpha value is -1.63. The summed E-state index contributed by atoms with van der Waals surface area (Å²) < 4.78 is 0. The minimum atomic E-state index is 0.145. The van der Waals surface area contributed by atoms with Crippen LogP contribution in [-0.2, 0) is 11.2 Å². The summed E-state index contributed by atoms with van der Waals surface area (Å²) >= 11 is 1.77. The third kappa shape index (κ3) is 5.19. The number of amides is 1. The highest BCUT2D eigenvalue weighted by Gasteiger charge is 2.23. The molecule has 0 bridgehead atoms. The average molecular weight is 352 g/mol. The van der Waals surface area contributed by atoms with Gasteiger partial charge in [0.15, 0.2) is 5.96 Å². The second-order valence-corrected chi connectivity index (χ2v) is 7.56. The summed E-state index contributed by atoms with van der Waals surface area (Å²) in [5.41, 5.74) is 1.14. The van der Waals surface area contributed by atoms with Crippen LogP contribution in [0.15, 0.2) is 4.99 Å². The number of thiazole rings is 1. The van der Waals surface area contributed by atoms with Gasteiger partial charge in [-0.15, -0.1) is 11.3 Å². The molecule has 6 nitrogen and oxygen atoms in total. The fourth-order valence-electron chi connectivity index (χ4n) is 3.14. The minimum absolute atomic E-state index is 0.145. The summed E-state index contributed by atoms with van der Waals surface area (Å²) in [5, 5.41) is 7.31. The molecule has 0 atom stereocenters. The van der Waals surface area contributed by atoms with E-state index >= 15 is 0 Å². The Bertz CT molecular complexity index is 576. The van der Waals surface area contributed by atoms with Gasteiger partial charge in [0.05, 0.1) is 10.7 Å². The molecule has 0 aliphatic carbocycles. The van der Waals surface area contributed by atoms with E-state index in [9.17, 15) is 4.79 Å². The van der Waals surface area contributed by atoms with Crippen molar-refractivity contribution in [3.8, 4) is 0 Å². The van der Waals surface area contributed by atoms with Gasteiger partial charge < -0.3 is 15.5 Å². The normalized spacial score (nSPS) is 16.3. The Morgan fingerprint density at radius 1 is 1.38 bits per heavy atom. The zero-order chi connectivity index (χ0) is 17.5. The Morgan fingerprint density at radius 2 is 2.08 bits per heavy atom. The van der Waals surface area contributed by atoms with E-state index in [2.05, 4.69) is 39.4 Å². The second-order valence-electron chi connectivity index (χ2n) is 6.27. The van der Waals surface area contributed by atoms with Crippen LogP contribution in [0.4, 0.5) is 0 Å². The number of hydrogen-bond donors (Lipinski definition) is 2. The molecule has 24 heavy (non-hydrogen) atoms. The lowest BCUT2D eigenvalue weighted by Gasteiger charge is -2.34. The topological polar surface area (TPSA) is 69.6 Å². The van der Waals surface area contributed by atoms with Crippen LogP contribution in [-0.4, -0.2) is 55.5 Å². The lowest BCUT2D eigenvalue weighted by Crippen LogP contribution is -2.46. The van der Waals surface area contributed by atoms with Crippen molar-refractivity contribution in [2.45, 2.75) is 39.5 Å². The quantitative estimate of drug-likeness (QED) is 0.626. The smallest absolute Gasteiger partial charge is 0.220 e. The molecule has 2 rings (SSSR count). The van der Waals surface area contributed by atoms with Gasteiger partial charge >= 0.3 is 0 Å². The monoisotopic (exact) mass is 351 g/mol. The first-order valence-electron chi connectivity index (χ1n) is 8.62. The number of carbonyl (C=O) groups excluding carboxylic acids is 1. The maximum atomic E-state index is 11.5. The highest BCUT2D eigenvalue weighted by atomic mass is 32.1. The molecule has 0 aromatic carbocycles. The van der Waals surface area contributed by atoms with Gasteiger partial charge in [0.25, 0.3) is 0 Å². The van der Waals surface area contributed by atoms with Gasteiger partial charge in [0.1, 0.15) is 0 Å². The van der Waals surface area contributed by atoms with Crippen LogP contribution in [0.1, 0.15) is 34.8 Å². The number of likely N-dealkylation sites (tertiary alicyclic amines) is 1. The number of aryl methyl sites for hydroxylation is 2. The maximum absolute atomic E-state index is 11.5. The molecular formula is C17H29N5OS. The van der Waals surface area contributed by atoms with Crippen molar-refractivity contribution >= 4 is 23.2 Å². The molecule has 7 heteroatoms. The van der Waals surface area contributed by atoms with Gasteiger partial charge in [-0.05, 0) is 32.6 Å². The fraction of sp³-hybridized carbons (Fsp3) is 0.706. The maximum Gasteiger partial charge on any atom is 0.220 e. The summed E-state index contributed by atoms with van der Waals surface area (Å²) in [7, 11) is 3.54. The van der Waals surface area contributed by atoms with E-state index < -0.39 is 0 Å². The van der Waals surface area contributed by atoms with E-state index in [1.807, 2.05) is 7.05 Å². The molecular weight excluding hydrogens is 322 g/mol. The van der Waals surface area contributed by atoms with Crippen molar-refractivity contribution in [1.82, 2.24) is 20.5 Å². The predicted octanol–water partition coefficient (Wildman–Crippen LogP) is 1.73. The molecule has 0 saturated carbocycles. The Balaban J connectivity index is 1.76. The highest BCUT2D eigenvalue weighted by molar-refractivity contribution is 7.11. The third-order valence-electron chi connectivity index (χ3n) is 4.51. The first-order chi connectivity index (χ1) is 11.5. The van der Waals surface area contributed by atoms with Crippen LogP contribution in [0.5, 0.6) is 0 Å². The molecule has 1 saturated heterocycles. The lowest BCUT2D eigenvalue weighted by molar-refractivity contribution is -0.121. The number of rotatable bonds is 5. The van der Waals surface area contributed by atoms with Gasteiger partial charge in [-0.1, -0.05) is 0 Å². The number of aliphatic imine (C=N–C) groups is 1. The Labute approximate surface area is 148 Å². The summed E-state index contributed by atoms with van der Waals surface area (Å²) in [5.74, 6) is 1.60. The molecule has 0 spiro atoms. The lowest BCUT2D eigenvalue weighted by atomic mass is 9.93. The number of carbonyl (C=O) groups is 1. The van der Waals surface area contributed by atoms with Gasteiger partial charge in [-0.25, -0.2) is 4.98 Å². The zero-order valence-electron chi connectivity index (χ0n) is 15.2. The molecule has 0 unspecified atom stereocenters. The van der Waals surface area contributed by atoms with Crippen LogP contribution in [0, 0.1) is 19.8 Å². The number of piperidine rings is 1. The fourth-order valence-corrected chi connectivity index (χ4v) is 4.08. The van der Waals surface area contributed by atoms with E-state index in [4.69, 9.17) is 0 Å². The van der Waals surface area contributed by atoms with E-state index in [1.54, 1.807) is 18.4 Å². The van der Waals surface area contributed by atoms with Crippen molar-refractivity contribution < 1.29 is 4.79 Å². The first-order valence-corrected chi connectivity index (χ1v) is 9.44. The van der Waals surface area contributed by atoms with Crippen LogP contribution in [0.2, 0.25) is 0 Å². The number of nitrogens with one attached hydrogen (secondary N) is 2. The van der Waals surface area contributed by atoms with Gasteiger partial charge in [0.2, 0.25) is 5.91 Å². The van der Waals surface area contributed by atoms with E-state index in [0.717, 1.165) is 55.6 Å². The SMILES string of the molecule is CN=C(NCCc1sc(C)nc1C)N1CCC(CC(=O)NC)CC1. The molecule has 2 N–H and O–H groups in total. The molecule has 134 valence electrons. The number of guanidine groups is 1. The number of hydrogen-bond acceptors (Lipinski definition) is 4. The van der Waals surface area contributed by atoms with Gasteiger partial charge in [-0.3, -0.25) is 9.79 Å². The number of aromatic nitrogens is 1. The summed E-state index contributed by atoms with van der Waals surface area (Å²) in [6.45, 7) is 6.91. The summed E-state index contributed by atoms with van der Waals surface area (Å²) in [6, 6.07) is 0. The average Bonchev–Trinajstić information content (AvgIpc) is 2.90. The van der Waals surface area contributed by atoms with Crippen LogP contribution < -0.4 is 10.6 Å². The molecule has 1 aliphatic heterocycles.